The molecule has 8 heteroatoms. The van der Waals surface area contributed by atoms with Crippen molar-refractivity contribution >= 4 is 5.91 Å². The van der Waals surface area contributed by atoms with Crippen LogP contribution in [0.1, 0.15) is 37.6 Å². The van der Waals surface area contributed by atoms with Gasteiger partial charge in [0.15, 0.2) is 11.5 Å². The lowest BCUT2D eigenvalue weighted by atomic mass is 10.1. The van der Waals surface area contributed by atoms with Gasteiger partial charge in [-0.2, -0.15) is 4.98 Å². The van der Waals surface area contributed by atoms with E-state index in [0.29, 0.717) is 61.7 Å². The third kappa shape index (κ3) is 4.54. The van der Waals surface area contributed by atoms with Crippen molar-refractivity contribution in [1.29, 1.82) is 0 Å². The van der Waals surface area contributed by atoms with Gasteiger partial charge < -0.3 is 23.6 Å². The van der Waals surface area contributed by atoms with E-state index in [4.69, 9.17) is 18.7 Å². The summed E-state index contributed by atoms with van der Waals surface area (Å²) in [5.41, 5.74) is 1.73. The number of hydrogen-bond donors (Lipinski definition) is 0. The first-order chi connectivity index (χ1) is 15.6. The molecule has 1 unspecified atom stereocenters. The summed E-state index contributed by atoms with van der Waals surface area (Å²) >= 11 is 0. The number of methoxy groups -OCH3 is 1. The summed E-state index contributed by atoms with van der Waals surface area (Å²) in [4.78, 5) is 19.0. The quantitative estimate of drug-likeness (QED) is 0.499. The Morgan fingerprint density at radius 3 is 2.62 bits per heavy atom. The van der Waals surface area contributed by atoms with Crippen LogP contribution in [0.25, 0.3) is 11.4 Å². The van der Waals surface area contributed by atoms with Crippen LogP contribution < -0.4 is 14.2 Å². The van der Waals surface area contributed by atoms with Gasteiger partial charge in [0.05, 0.1) is 31.8 Å². The number of rotatable bonds is 9. The number of amides is 1. The lowest BCUT2D eigenvalue weighted by Crippen LogP contribution is -2.24. The third-order valence-electron chi connectivity index (χ3n) is 5.33. The zero-order valence-electron chi connectivity index (χ0n) is 18.5. The Morgan fingerprint density at radius 1 is 1.06 bits per heavy atom. The lowest BCUT2D eigenvalue weighted by Gasteiger charge is -2.18. The van der Waals surface area contributed by atoms with E-state index in [0.717, 1.165) is 11.1 Å². The Hall–Kier alpha value is -3.55. The second-order valence-electron chi connectivity index (χ2n) is 7.48. The van der Waals surface area contributed by atoms with E-state index in [2.05, 4.69) is 10.1 Å². The second-order valence-corrected chi connectivity index (χ2v) is 7.48. The number of aromatic nitrogens is 2. The fraction of sp³-hybridized carbons (Fsp3) is 0.375. The first-order valence-corrected chi connectivity index (χ1v) is 10.8. The molecule has 2 aromatic carbocycles. The molecule has 4 rings (SSSR count). The van der Waals surface area contributed by atoms with Crippen LogP contribution >= 0.6 is 0 Å². The van der Waals surface area contributed by atoms with Crippen LogP contribution in [-0.4, -0.2) is 47.8 Å². The van der Waals surface area contributed by atoms with Crippen molar-refractivity contribution in [1.82, 2.24) is 15.0 Å². The lowest BCUT2D eigenvalue weighted by molar-refractivity contribution is -0.128. The molecule has 168 valence electrons. The Balaban J connectivity index is 1.47. The average molecular weight is 437 g/mol. The van der Waals surface area contributed by atoms with Gasteiger partial charge in [-0.3, -0.25) is 4.79 Å². The summed E-state index contributed by atoms with van der Waals surface area (Å²) < 4.78 is 22.2. The molecule has 2 heterocycles. The van der Waals surface area contributed by atoms with Gasteiger partial charge in [0.2, 0.25) is 17.6 Å². The van der Waals surface area contributed by atoms with Gasteiger partial charge in [-0.15, -0.1) is 0 Å². The molecular formula is C24H27N3O5. The molecule has 1 aromatic heterocycles. The number of para-hydroxylation sites is 1. The van der Waals surface area contributed by atoms with E-state index >= 15 is 0 Å². The minimum Gasteiger partial charge on any atom is -0.496 e. The monoisotopic (exact) mass is 437 g/mol. The molecule has 32 heavy (non-hydrogen) atoms. The first-order valence-electron chi connectivity index (χ1n) is 10.8. The summed E-state index contributed by atoms with van der Waals surface area (Å²) in [5, 5.41) is 4.11. The minimum absolute atomic E-state index is 0.0545. The largest absolute Gasteiger partial charge is 0.496 e. The highest BCUT2D eigenvalue weighted by atomic mass is 16.5. The van der Waals surface area contributed by atoms with Gasteiger partial charge >= 0.3 is 0 Å². The zero-order chi connectivity index (χ0) is 22.5. The number of hydrogen-bond acceptors (Lipinski definition) is 7. The average Bonchev–Trinajstić information content (AvgIpc) is 3.43. The maximum absolute atomic E-state index is 12.7. The van der Waals surface area contributed by atoms with E-state index in [1.54, 1.807) is 7.11 Å². The minimum atomic E-state index is -0.146. The summed E-state index contributed by atoms with van der Waals surface area (Å²) in [6.07, 6.45) is 0.336. The van der Waals surface area contributed by atoms with Crippen molar-refractivity contribution in [3.05, 3.63) is 53.9 Å². The van der Waals surface area contributed by atoms with Gasteiger partial charge in [-0.05, 0) is 43.7 Å². The molecule has 0 saturated carbocycles. The molecule has 1 saturated heterocycles. The number of likely N-dealkylation sites (tertiary alicyclic amines) is 1. The van der Waals surface area contributed by atoms with E-state index in [-0.39, 0.29) is 11.8 Å². The zero-order valence-corrected chi connectivity index (χ0v) is 18.5. The topological polar surface area (TPSA) is 86.9 Å². The molecule has 1 aliphatic rings. The van der Waals surface area contributed by atoms with E-state index < -0.39 is 0 Å². The molecule has 0 N–H and O–H groups in total. The van der Waals surface area contributed by atoms with Crippen LogP contribution in [0.15, 0.2) is 47.0 Å². The number of carbonyl (C=O) groups is 1. The summed E-state index contributed by atoms with van der Waals surface area (Å²) in [6.45, 7) is 5.97. The van der Waals surface area contributed by atoms with Crippen LogP contribution in [0.2, 0.25) is 0 Å². The van der Waals surface area contributed by atoms with Crippen molar-refractivity contribution in [2.75, 3.05) is 26.9 Å². The molecule has 1 aliphatic heterocycles. The summed E-state index contributed by atoms with van der Waals surface area (Å²) in [7, 11) is 1.60. The van der Waals surface area contributed by atoms with Crippen molar-refractivity contribution in [3.8, 4) is 28.6 Å². The summed E-state index contributed by atoms with van der Waals surface area (Å²) in [5.74, 6) is 2.89. The van der Waals surface area contributed by atoms with Crippen LogP contribution in [0.5, 0.6) is 17.2 Å². The molecule has 0 spiro atoms. The Labute approximate surface area is 187 Å². The van der Waals surface area contributed by atoms with Crippen molar-refractivity contribution in [3.63, 3.8) is 0 Å². The molecule has 1 amide bonds. The maximum Gasteiger partial charge on any atom is 0.232 e. The van der Waals surface area contributed by atoms with Gasteiger partial charge in [-0.1, -0.05) is 23.4 Å². The predicted molar refractivity (Wildman–Crippen MR) is 118 cm³/mol. The van der Waals surface area contributed by atoms with Crippen LogP contribution in [0, 0.1) is 0 Å². The summed E-state index contributed by atoms with van der Waals surface area (Å²) in [6, 6.07) is 13.3. The normalized spacial score (nSPS) is 15.8. The Morgan fingerprint density at radius 2 is 1.84 bits per heavy atom. The van der Waals surface area contributed by atoms with Crippen molar-refractivity contribution in [2.24, 2.45) is 0 Å². The highest BCUT2D eigenvalue weighted by Crippen LogP contribution is 2.33. The number of nitrogens with zero attached hydrogens (tertiary/aromatic N) is 3. The van der Waals surface area contributed by atoms with Gasteiger partial charge in [0.25, 0.3) is 0 Å². The third-order valence-corrected chi connectivity index (χ3v) is 5.33. The highest BCUT2D eigenvalue weighted by Gasteiger charge is 2.34. The second kappa shape index (κ2) is 9.72. The van der Waals surface area contributed by atoms with E-state index in [1.165, 1.54) is 0 Å². The van der Waals surface area contributed by atoms with Crippen molar-refractivity contribution < 1.29 is 23.5 Å². The molecular weight excluding hydrogens is 410 g/mol. The van der Waals surface area contributed by atoms with E-state index in [1.807, 2.05) is 61.2 Å². The van der Waals surface area contributed by atoms with Gasteiger partial charge in [0.1, 0.15) is 5.75 Å². The van der Waals surface area contributed by atoms with Crippen molar-refractivity contribution in [2.45, 2.75) is 32.7 Å². The molecule has 1 atom stereocenters. The van der Waals surface area contributed by atoms with Crippen LogP contribution in [0.4, 0.5) is 0 Å². The van der Waals surface area contributed by atoms with Gasteiger partial charge in [-0.25, -0.2) is 0 Å². The van der Waals surface area contributed by atoms with Crippen LogP contribution in [-0.2, 0) is 11.3 Å². The molecule has 1 fully saturated rings. The highest BCUT2D eigenvalue weighted by molar-refractivity contribution is 5.79. The molecule has 0 aliphatic carbocycles. The fourth-order valence-electron chi connectivity index (χ4n) is 3.84. The predicted octanol–water partition coefficient (Wildman–Crippen LogP) is 4.06. The fourth-order valence-corrected chi connectivity index (χ4v) is 3.84. The SMILES string of the molecule is CCOc1ccc(CN2CC(c3nc(-c4ccccc4OC)no3)CC2=O)cc1OCC. The molecule has 3 aromatic rings. The Bertz CT molecular complexity index is 1080. The van der Waals surface area contributed by atoms with E-state index in [9.17, 15) is 4.79 Å². The molecule has 8 nitrogen and oxygen atoms in total. The molecule has 0 bridgehead atoms. The number of ether oxygens (including phenoxy) is 3. The standard InChI is InChI=1S/C24H27N3O5/c1-4-30-20-11-10-16(12-21(20)31-5-2)14-27-15-17(13-22(27)28)24-25-23(26-32-24)18-8-6-7-9-19(18)29-3/h6-12,17H,4-5,13-15H2,1-3H3. The number of carbonyl (C=O) groups excluding carboxylic acids is 1. The molecule has 0 radical (unpaired) electrons. The Kier molecular flexibility index (Phi) is 6.58. The number of benzene rings is 2. The smallest absolute Gasteiger partial charge is 0.232 e. The first kappa shape index (κ1) is 21.7. The maximum atomic E-state index is 12.7. The van der Waals surface area contributed by atoms with Gasteiger partial charge in [0, 0.05) is 19.5 Å². The van der Waals surface area contributed by atoms with Crippen LogP contribution in [0.3, 0.4) is 0 Å².